The molecule has 1 atom stereocenters. The van der Waals surface area contributed by atoms with Gasteiger partial charge in [-0.05, 0) is 67.2 Å². The number of anilines is 1. The third kappa shape index (κ3) is 3.61. The first-order valence-corrected chi connectivity index (χ1v) is 12.3. The predicted octanol–water partition coefficient (Wildman–Crippen LogP) is 4.22. The number of rotatable bonds is 3. The van der Waals surface area contributed by atoms with Gasteiger partial charge in [-0.15, -0.1) is 0 Å². The molecule has 0 radical (unpaired) electrons. The third-order valence-electron chi connectivity index (χ3n) is 7.67. The Balaban J connectivity index is 1.38. The largest absolute Gasteiger partial charge is 0.465 e. The highest BCUT2D eigenvalue weighted by atomic mass is 79.9. The Morgan fingerprint density at radius 3 is 2.40 bits per heavy atom. The maximum Gasteiger partial charge on any atom is 0.407 e. The number of aromatic amines is 1. The van der Waals surface area contributed by atoms with Gasteiger partial charge < -0.3 is 29.4 Å². The second-order valence-electron chi connectivity index (χ2n) is 10.3. The Labute approximate surface area is 211 Å². The zero-order chi connectivity index (χ0) is 25.4. The normalized spacial score (nSPS) is 22.1. The van der Waals surface area contributed by atoms with Gasteiger partial charge in [0.05, 0.1) is 4.47 Å². The fourth-order valence-corrected chi connectivity index (χ4v) is 6.28. The number of likely N-dealkylation sites (tertiary alicyclic amines) is 1. The summed E-state index contributed by atoms with van der Waals surface area (Å²) in [6.45, 7) is 8.41. The number of amides is 2. The summed E-state index contributed by atoms with van der Waals surface area (Å²) >= 11 is 3.54. The molecule has 1 aliphatic carbocycles. The van der Waals surface area contributed by atoms with Gasteiger partial charge in [-0.1, -0.05) is 0 Å². The van der Waals surface area contributed by atoms with Crippen molar-refractivity contribution in [3.63, 3.8) is 0 Å². The molecule has 1 saturated carbocycles. The van der Waals surface area contributed by atoms with E-state index in [9.17, 15) is 14.4 Å². The van der Waals surface area contributed by atoms with Gasteiger partial charge in [-0.3, -0.25) is 9.59 Å². The van der Waals surface area contributed by atoms with E-state index in [1.807, 2.05) is 19.9 Å². The molecule has 2 aliphatic heterocycles. The molecule has 1 spiro atoms. The van der Waals surface area contributed by atoms with Crippen LogP contribution >= 0.6 is 15.9 Å². The number of carboxylic acid groups (broad SMARTS) is 1. The summed E-state index contributed by atoms with van der Waals surface area (Å²) in [5.41, 5.74) is 2.49. The van der Waals surface area contributed by atoms with Crippen LogP contribution < -0.4 is 19.9 Å². The van der Waals surface area contributed by atoms with Crippen LogP contribution in [0.25, 0.3) is 0 Å². The molecule has 1 saturated heterocycles. The molecular weight excluding hydrogens is 518 g/mol. The van der Waals surface area contributed by atoms with Crippen molar-refractivity contribution in [2.24, 2.45) is 11.3 Å². The number of hydrogen-bond acceptors (Lipinski definition) is 5. The quantitative estimate of drug-likeness (QED) is 0.597. The van der Waals surface area contributed by atoms with E-state index in [-0.39, 0.29) is 22.8 Å². The summed E-state index contributed by atoms with van der Waals surface area (Å²) in [6.07, 6.45) is 0.764. The van der Waals surface area contributed by atoms with Gasteiger partial charge in [0.15, 0.2) is 11.5 Å². The highest BCUT2D eigenvalue weighted by molar-refractivity contribution is 9.10. The fraction of sp³-hybridized carbons (Fsp3) is 0.480. The molecule has 0 bridgehead atoms. The average molecular weight is 546 g/mol. The lowest BCUT2D eigenvalue weighted by molar-refractivity contribution is -0.196. The van der Waals surface area contributed by atoms with Crippen LogP contribution in [0.2, 0.25) is 0 Å². The van der Waals surface area contributed by atoms with E-state index < -0.39 is 11.9 Å². The van der Waals surface area contributed by atoms with E-state index in [2.05, 4.69) is 20.9 Å². The van der Waals surface area contributed by atoms with Gasteiger partial charge in [0.2, 0.25) is 0 Å². The highest BCUT2D eigenvalue weighted by Gasteiger charge is 2.61. The molecule has 3 aliphatic rings. The zero-order valence-electron chi connectivity index (χ0n) is 20.3. The molecule has 2 N–H and O–H groups in total. The van der Waals surface area contributed by atoms with Crippen LogP contribution in [0.4, 0.5) is 10.5 Å². The number of pyridine rings is 1. The van der Waals surface area contributed by atoms with Gasteiger partial charge >= 0.3 is 6.09 Å². The minimum atomic E-state index is -0.900. The second kappa shape index (κ2) is 7.74. The maximum atomic E-state index is 13.5. The Bertz CT molecular complexity index is 1320. The molecule has 9 nitrogen and oxygen atoms in total. The number of ether oxygens (including phenoxy) is 2. The number of fused-ring (bicyclic) bond motifs is 1. The summed E-state index contributed by atoms with van der Waals surface area (Å²) < 4.78 is 13.3. The van der Waals surface area contributed by atoms with Crippen molar-refractivity contribution in [3.05, 3.63) is 49.3 Å². The molecule has 1 aromatic heterocycles. The minimum absolute atomic E-state index is 0.0165. The summed E-state index contributed by atoms with van der Waals surface area (Å²) in [5.74, 6) is -0.0626. The molecule has 1 unspecified atom stereocenters. The van der Waals surface area contributed by atoms with Crippen LogP contribution in [-0.4, -0.2) is 52.9 Å². The highest BCUT2D eigenvalue weighted by Crippen LogP contribution is 2.59. The maximum absolute atomic E-state index is 13.5. The van der Waals surface area contributed by atoms with Crippen molar-refractivity contribution < 1.29 is 24.2 Å². The first kappa shape index (κ1) is 23.7. The Morgan fingerprint density at radius 1 is 1.17 bits per heavy atom. The Morgan fingerprint density at radius 2 is 1.80 bits per heavy atom. The lowest BCUT2D eigenvalue weighted by atomic mass is 9.55. The van der Waals surface area contributed by atoms with Crippen molar-refractivity contribution in [3.8, 4) is 11.5 Å². The molecule has 10 heteroatoms. The van der Waals surface area contributed by atoms with Gasteiger partial charge in [0.1, 0.15) is 5.69 Å². The molecule has 2 fully saturated rings. The number of aryl methyl sites for hydroxylation is 2. The van der Waals surface area contributed by atoms with Crippen molar-refractivity contribution in [1.82, 2.24) is 9.88 Å². The summed E-state index contributed by atoms with van der Waals surface area (Å²) in [6, 6.07) is 3.54. The third-order valence-corrected chi connectivity index (χ3v) is 8.26. The van der Waals surface area contributed by atoms with Crippen LogP contribution in [0.1, 0.15) is 46.9 Å². The topological polar surface area (TPSA) is 112 Å². The predicted molar refractivity (Wildman–Crippen MR) is 133 cm³/mol. The van der Waals surface area contributed by atoms with E-state index in [1.54, 1.807) is 27.0 Å². The van der Waals surface area contributed by atoms with Crippen LogP contribution in [0, 0.1) is 32.1 Å². The zero-order valence-corrected chi connectivity index (χ0v) is 21.9. The van der Waals surface area contributed by atoms with Crippen LogP contribution in [0.15, 0.2) is 21.4 Å². The van der Waals surface area contributed by atoms with E-state index >= 15 is 0 Å². The van der Waals surface area contributed by atoms with E-state index in [0.29, 0.717) is 51.4 Å². The number of nitrogens with one attached hydrogen (secondary N) is 1. The molecular formula is C25H28BrN3O6. The summed E-state index contributed by atoms with van der Waals surface area (Å²) in [7, 11) is 1.59. The second-order valence-corrected chi connectivity index (χ2v) is 11.2. The minimum Gasteiger partial charge on any atom is -0.465 e. The van der Waals surface area contributed by atoms with Crippen LogP contribution in [0.5, 0.6) is 11.5 Å². The number of hydrogen-bond donors (Lipinski definition) is 2. The van der Waals surface area contributed by atoms with E-state index in [1.165, 1.54) is 9.80 Å². The van der Waals surface area contributed by atoms with Crippen LogP contribution in [0.3, 0.4) is 0 Å². The number of aromatic nitrogens is 1. The van der Waals surface area contributed by atoms with Gasteiger partial charge in [-0.2, -0.15) is 0 Å². The number of nitrogens with zero attached hydrogens (tertiary/aromatic N) is 2. The Hall–Kier alpha value is -3.01. The van der Waals surface area contributed by atoms with Crippen molar-refractivity contribution >= 4 is 33.6 Å². The van der Waals surface area contributed by atoms with E-state index in [4.69, 9.17) is 14.6 Å². The number of carbonyl (C=O) groups is 2. The number of halogens is 1. The SMILES string of the molecule is Cc1cc(C)c(N(C)C(=O)c2cc(Br)c3c(c2C)OC(C)(C2CC4(C2)CN(C(=O)O)C4)O3)c(=O)[nH]1. The first-order valence-electron chi connectivity index (χ1n) is 11.5. The lowest BCUT2D eigenvalue weighted by Gasteiger charge is -2.60. The first-order chi connectivity index (χ1) is 16.3. The van der Waals surface area contributed by atoms with Crippen molar-refractivity contribution in [1.29, 1.82) is 0 Å². The van der Waals surface area contributed by atoms with Crippen LogP contribution in [-0.2, 0) is 0 Å². The monoisotopic (exact) mass is 545 g/mol. The molecule has 3 heterocycles. The Kier molecular flexibility index (Phi) is 5.25. The standard InChI is InChI=1S/C25H28BrN3O6/c1-12-6-13(2)27-21(30)18(12)28(5)22(31)16-7-17(26)20-19(14(16)3)34-24(4,35-20)15-8-25(9-15)10-29(11-25)23(32)33/h6-7,15H,8-11H2,1-5H3,(H,27,30)(H,32,33). The molecule has 35 heavy (non-hydrogen) atoms. The number of H-pyrrole nitrogens is 1. The smallest absolute Gasteiger partial charge is 0.407 e. The molecule has 5 rings (SSSR count). The summed E-state index contributed by atoms with van der Waals surface area (Å²) in [4.78, 5) is 42.8. The lowest BCUT2D eigenvalue weighted by Crippen LogP contribution is -2.67. The average Bonchev–Trinajstić information content (AvgIpc) is 3.06. The molecule has 1 aromatic carbocycles. The fourth-order valence-electron chi connectivity index (χ4n) is 5.79. The van der Waals surface area contributed by atoms with E-state index in [0.717, 1.165) is 18.5 Å². The van der Waals surface area contributed by atoms with Gasteiger partial charge in [0.25, 0.3) is 17.3 Å². The van der Waals surface area contributed by atoms with Crippen molar-refractivity contribution in [2.45, 2.75) is 46.3 Å². The number of benzene rings is 1. The van der Waals surface area contributed by atoms with Crippen molar-refractivity contribution in [2.75, 3.05) is 25.0 Å². The molecule has 2 aromatic rings. The molecule has 186 valence electrons. The summed E-state index contributed by atoms with van der Waals surface area (Å²) in [5, 5.41) is 9.14. The number of carbonyl (C=O) groups excluding carboxylic acids is 1. The van der Waals surface area contributed by atoms with Gasteiger partial charge in [-0.25, -0.2) is 4.79 Å². The molecule has 2 amide bonds. The van der Waals surface area contributed by atoms with Gasteiger partial charge in [0, 0.05) is 55.2 Å².